The van der Waals surface area contributed by atoms with Gasteiger partial charge in [-0.3, -0.25) is 4.79 Å². The molecule has 1 aromatic rings. The zero-order valence-electron chi connectivity index (χ0n) is 10.6. The lowest BCUT2D eigenvalue weighted by Crippen LogP contribution is -2.26. The maximum absolute atomic E-state index is 12.2. The van der Waals surface area contributed by atoms with Crippen LogP contribution >= 0.6 is 12.6 Å². The van der Waals surface area contributed by atoms with Crippen molar-refractivity contribution < 1.29 is 0 Å². The van der Waals surface area contributed by atoms with Crippen LogP contribution in [0.25, 0.3) is 0 Å². The molecule has 3 heteroatoms. The highest BCUT2D eigenvalue weighted by Gasteiger charge is 2.09. The summed E-state index contributed by atoms with van der Waals surface area (Å²) < 4.78 is 1.87. The molecule has 0 saturated carbocycles. The maximum Gasteiger partial charge on any atom is 0.255 e. The number of nitrogens with zero attached hydrogens (tertiary/aromatic N) is 1. The molecule has 0 saturated heterocycles. The van der Waals surface area contributed by atoms with Crippen molar-refractivity contribution >= 4 is 12.6 Å². The van der Waals surface area contributed by atoms with Gasteiger partial charge < -0.3 is 4.57 Å². The van der Waals surface area contributed by atoms with Crippen LogP contribution in [0.2, 0.25) is 0 Å². The molecular weight excluding hydrogens is 218 g/mol. The van der Waals surface area contributed by atoms with E-state index < -0.39 is 0 Å². The van der Waals surface area contributed by atoms with E-state index in [9.17, 15) is 4.79 Å². The number of hydrogen-bond acceptors (Lipinski definition) is 2. The smallest absolute Gasteiger partial charge is 0.255 e. The number of aromatic nitrogens is 1. The topological polar surface area (TPSA) is 22.0 Å². The minimum absolute atomic E-state index is 0.133. The second-order valence-corrected chi connectivity index (χ2v) is 5.06. The maximum atomic E-state index is 12.2. The van der Waals surface area contributed by atoms with Gasteiger partial charge in [0.1, 0.15) is 0 Å². The van der Waals surface area contributed by atoms with Crippen molar-refractivity contribution in [1.82, 2.24) is 4.57 Å². The summed E-state index contributed by atoms with van der Waals surface area (Å²) in [6.07, 6.45) is 1.04. The van der Waals surface area contributed by atoms with E-state index in [1.54, 1.807) is 0 Å². The van der Waals surface area contributed by atoms with Crippen molar-refractivity contribution in [1.29, 1.82) is 0 Å². The second-order valence-electron chi connectivity index (χ2n) is 4.74. The van der Waals surface area contributed by atoms with Crippen LogP contribution in [0.3, 0.4) is 0 Å². The van der Waals surface area contributed by atoms with Gasteiger partial charge in [0.2, 0.25) is 0 Å². The fourth-order valence-corrected chi connectivity index (χ4v) is 2.21. The van der Waals surface area contributed by atoms with Gasteiger partial charge in [-0.2, -0.15) is 12.6 Å². The van der Waals surface area contributed by atoms with Crippen LogP contribution in [0, 0.1) is 19.8 Å². The molecule has 0 fully saturated rings. The van der Waals surface area contributed by atoms with Crippen LogP contribution in [-0.4, -0.2) is 4.57 Å². The van der Waals surface area contributed by atoms with Crippen LogP contribution in [-0.2, 0) is 12.3 Å². The summed E-state index contributed by atoms with van der Waals surface area (Å²) in [6.45, 7) is 9.13. The zero-order chi connectivity index (χ0) is 12.3. The molecule has 0 aliphatic carbocycles. The summed E-state index contributed by atoms with van der Waals surface area (Å²) >= 11 is 4.23. The van der Waals surface area contributed by atoms with Crippen LogP contribution in [0.5, 0.6) is 0 Å². The summed E-state index contributed by atoms with van der Waals surface area (Å²) in [6, 6.07) is 2.08. The normalized spacial score (nSPS) is 11.1. The van der Waals surface area contributed by atoms with Gasteiger partial charge in [-0.05, 0) is 37.8 Å². The molecule has 0 aromatic carbocycles. The molecule has 0 amide bonds. The monoisotopic (exact) mass is 239 g/mol. The first-order chi connectivity index (χ1) is 7.47. The standard InChI is InChI=1S/C13H21NOS/c1-9(2)5-6-14-11(4)7-10(3)12(8-16)13(14)15/h7,9,16H,5-6,8H2,1-4H3. The number of pyridine rings is 1. The molecular formula is C13H21NOS. The molecule has 0 spiro atoms. The highest BCUT2D eigenvalue weighted by molar-refractivity contribution is 7.79. The Balaban J connectivity index is 3.13. The summed E-state index contributed by atoms with van der Waals surface area (Å²) in [5.41, 5.74) is 3.07. The van der Waals surface area contributed by atoms with E-state index in [-0.39, 0.29) is 5.56 Å². The largest absolute Gasteiger partial charge is 0.313 e. The molecule has 0 aliphatic rings. The fraction of sp³-hybridized carbons (Fsp3) is 0.615. The van der Waals surface area contributed by atoms with E-state index in [2.05, 4.69) is 32.5 Å². The van der Waals surface area contributed by atoms with Gasteiger partial charge in [0, 0.05) is 23.6 Å². The van der Waals surface area contributed by atoms with E-state index in [0.29, 0.717) is 11.7 Å². The van der Waals surface area contributed by atoms with Crippen molar-refractivity contribution in [3.63, 3.8) is 0 Å². The van der Waals surface area contributed by atoms with Gasteiger partial charge in [-0.1, -0.05) is 13.8 Å². The third-order valence-corrected chi connectivity index (χ3v) is 3.23. The SMILES string of the molecule is Cc1cc(C)n(CCC(C)C)c(=O)c1CS. The highest BCUT2D eigenvalue weighted by Crippen LogP contribution is 2.10. The summed E-state index contributed by atoms with van der Waals surface area (Å²) in [5, 5.41) is 0. The molecule has 0 N–H and O–H groups in total. The molecule has 0 radical (unpaired) electrons. The molecule has 1 rings (SSSR count). The molecule has 0 bridgehead atoms. The van der Waals surface area contributed by atoms with Crippen molar-refractivity contribution in [2.45, 2.75) is 46.4 Å². The molecule has 16 heavy (non-hydrogen) atoms. The van der Waals surface area contributed by atoms with Gasteiger partial charge in [-0.15, -0.1) is 0 Å². The van der Waals surface area contributed by atoms with Crippen molar-refractivity contribution in [3.8, 4) is 0 Å². The fourth-order valence-electron chi connectivity index (χ4n) is 1.83. The minimum atomic E-state index is 0.133. The number of aryl methyl sites for hydroxylation is 2. The van der Waals surface area contributed by atoms with Gasteiger partial charge in [0.05, 0.1) is 0 Å². The number of hydrogen-bond donors (Lipinski definition) is 1. The van der Waals surface area contributed by atoms with Crippen LogP contribution < -0.4 is 5.56 Å². The lowest BCUT2D eigenvalue weighted by atomic mass is 10.1. The van der Waals surface area contributed by atoms with Crippen LogP contribution in [0.15, 0.2) is 10.9 Å². The Hall–Kier alpha value is -0.700. The first-order valence-corrected chi connectivity index (χ1v) is 6.41. The summed E-state index contributed by atoms with van der Waals surface area (Å²) in [7, 11) is 0. The van der Waals surface area contributed by atoms with E-state index in [1.807, 2.05) is 18.4 Å². The van der Waals surface area contributed by atoms with Crippen LogP contribution in [0.1, 0.15) is 37.1 Å². The Morgan fingerprint density at radius 1 is 1.38 bits per heavy atom. The average molecular weight is 239 g/mol. The van der Waals surface area contributed by atoms with E-state index in [1.165, 1.54) is 0 Å². The molecule has 0 unspecified atom stereocenters. The van der Waals surface area contributed by atoms with Gasteiger partial charge in [0.25, 0.3) is 5.56 Å². The highest BCUT2D eigenvalue weighted by atomic mass is 32.1. The number of rotatable bonds is 4. The first kappa shape index (κ1) is 13.4. The van der Waals surface area contributed by atoms with Crippen molar-refractivity contribution in [2.75, 3.05) is 0 Å². The third kappa shape index (κ3) is 2.91. The number of thiol groups is 1. The quantitative estimate of drug-likeness (QED) is 0.802. The third-order valence-electron chi connectivity index (χ3n) is 2.92. The predicted molar refractivity (Wildman–Crippen MR) is 72.3 cm³/mol. The Morgan fingerprint density at radius 2 is 2.00 bits per heavy atom. The molecule has 1 aromatic heterocycles. The molecule has 0 aliphatic heterocycles. The molecule has 1 heterocycles. The van der Waals surface area contributed by atoms with E-state index in [0.717, 1.165) is 29.8 Å². The molecule has 2 nitrogen and oxygen atoms in total. The Morgan fingerprint density at radius 3 is 2.50 bits per heavy atom. The summed E-state index contributed by atoms with van der Waals surface area (Å²) in [5.74, 6) is 1.14. The van der Waals surface area contributed by atoms with Gasteiger partial charge >= 0.3 is 0 Å². The Labute approximate surface area is 103 Å². The average Bonchev–Trinajstić information content (AvgIpc) is 2.16. The predicted octanol–water partition coefficient (Wildman–Crippen LogP) is 2.94. The van der Waals surface area contributed by atoms with Crippen LogP contribution in [0.4, 0.5) is 0 Å². The Kier molecular flexibility index (Phi) is 4.66. The van der Waals surface area contributed by atoms with Gasteiger partial charge in [-0.25, -0.2) is 0 Å². The minimum Gasteiger partial charge on any atom is -0.313 e. The second kappa shape index (κ2) is 5.58. The van der Waals surface area contributed by atoms with E-state index >= 15 is 0 Å². The Bertz CT molecular complexity index is 421. The van der Waals surface area contributed by atoms with E-state index in [4.69, 9.17) is 0 Å². The molecule has 0 atom stereocenters. The van der Waals surface area contributed by atoms with Gasteiger partial charge in [0.15, 0.2) is 0 Å². The molecule has 90 valence electrons. The summed E-state index contributed by atoms with van der Waals surface area (Å²) in [4.78, 5) is 12.2. The first-order valence-electron chi connectivity index (χ1n) is 5.78. The lowest BCUT2D eigenvalue weighted by molar-refractivity contribution is 0.500. The lowest BCUT2D eigenvalue weighted by Gasteiger charge is -2.14. The van der Waals surface area contributed by atoms with Crippen molar-refractivity contribution in [2.24, 2.45) is 5.92 Å². The zero-order valence-corrected chi connectivity index (χ0v) is 11.5. The van der Waals surface area contributed by atoms with Crippen molar-refractivity contribution in [3.05, 3.63) is 33.2 Å².